The largest absolute Gasteiger partial charge is 0.474 e. The first-order chi connectivity index (χ1) is 17.1. The SMILES string of the molecule is CCOC(=O)Cn1cnc(OC[C@H](NC(=O)OC(C)(C)C)c2cn(-c3ccccc3)nn2)c(Br)c1=O. The second kappa shape index (κ2) is 11.8. The summed E-state index contributed by atoms with van der Waals surface area (Å²) in [4.78, 5) is 40.9. The highest BCUT2D eigenvalue weighted by atomic mass is 79.9. The number of benzene rings is 1. The van der Waals surface area contributed by atoms with Gasteiger partial charge in [-0.25, -0.2) is 14.5 Å². The van der Waals surface area contributed by atoms with E-state index in [0.29, 0.717) is 5.69 Å². The fraction of sp³-hybridized carbons (Fsp3) is 0.391. The highest BCUT2D eigenvalue weighted by Crippen LogP contribution is 2.20. The van der Waals surface area contributed by atoms with Crippen molar-refractivity contribution < 1.29 is 23.8 Å². The van der Waals surface area contributed by atoms with Crippen LogP contribution in [-0.4, -0.2) is 55.4 Å². The minimum absolute atomic E-state index is 0.0123. The molecule has 3 rings (SSSR count). The molecule has 2 heterocycles. The molecule has 0 fully saturated rings. The zero-order valence-electron chi connectivity index (χ0n) is 20.3. The van der Waals surface area contributed by atoms with Gasteiger partial charge >= 0.3 is 12.1 Å². The Hall–Kier alpha value is -3.74. The molecular weight excluding hydrogens is 536 g/mol. The van der Waals surface area contributed by atoms with E-state index in [1.54, 1.807) is 38.6 Å². The van der Waals surface area contributed by atoms with Gasteiger partial charge in [0.15, 0.2) is 0 Å². The van der Waals surface area contributed by atoms with Crippen LogP contribution in [0.1, 0.15) is 39.4 Å². The summed E-state index contributed by atoms with van der Waals surface area (Å²) in [6.45, 7) is 6.68. The first kappa shape index (κ1) is 26.9. The summed E-state index contributed by atoms with van der Waals surface area (Å²) in [5.74, 6) is -0.586. The number of nitrogens with one attached hydrogen (secondary N) is 1. The molecule has 3 aromatic rings. The molecule has 0 bridgehead atoms. The summed E-state index contributed by atoms with van der Waals surface area (Å²) in [5, 5.41) is 11.0. The monoisotopic (exact) mass is 562 g/mol. The van der Waals surface area contributed by atoms with Crippen LogP contribution in [0.5, 0.6) is 5.88 Å². The summed E-state index contributed by atoms with van der Waals surface area (Å²) in [7, 11) is 0. The van der Waals surface area contributed by atoms with Crippen LogP contribution < -0.4 is 15.6 Å². The van der Waals surface area contributed by atoms with Gasteiger partial charge in [-0.15, -0.1) is 5.10 Å². The number of ether oxygens (including phenoxy) is 3. The van der Waals surface area contributed by atoms with E-state index in [0.717, 1.165) is 10.3 Å². The van der Waals surface area contributed by atoms with E-state index >= 15 is 0 Å². The fourth-order valence-corrected chi connectivity index (χ4v) is 3.41. The van der Waals surface area contributed by atoms with E-state index in [4.69, 9.17) is 14.2 Å². The smallest absolute Gasteiger partial charge is 0.408 e. The topological polar surface area (TPSA) is 139 Å². The number of amides is 1. The molecule has 1 amide bonds. The van der Waals surface area contributed by atoms with E-state index in [1.165, 1.54) is 6.33 Å². The van der Waals surface area contributed by atoms with Crippen molar-refractivity contribution in [3.63, 3.8) is 0 Å². The molecule has 13 heteroatoms. The summed E-state index contributed by atoms with van der Waals surface area (Å²) >= 11 is 3.17. The molecule has 1 aromatic carbocycles. The molecule has 2 aromatic heterocycles. The molecule has 0 aliphatic heterocycles. The van der Waals surface area contributed by atoms with Crippen LogP contribution in [-0.2, 0) is 20.8 Å². The Morgan fingerprint density at radius 1 is 1.19 bits per heavy atom. The number of para-hydroxylation sites is 1. The second-order valence-corrected chi connectivity index (χ2v) is 9.33. The van der Waals surface area contributed by atoms with Gasteiger partial charge in [0, 0.05) is 0 Å². The number of hydrogen-bond acceptors (Lipinski definition) is 9. The summed E-state index contributed by atoms with van der Waals surface area (Å²) < 4.78 is 18.6. The molecule has 0 aliphatic carbocycles. The van der Waals surface area contributed by atoms with Crippen molar-refractivity contribution in [3.05, 3.63) is 63.4 Å². The minimum Gasteiger partial charge on any atom is -0.474 e. The molecule has 192 valence electrons. The van der Waals surface area contributed by atoms with Crippen molar-refractivity contribution in [2.45, 2.75) is 45.9 Å². The maximum atomic E-state index is 12.6. The molecular formula is C23H27BrN6O6. The molecule has 1 N–H and O–H groups in total. The number of esters is 1. The predicted molar refractivity (Wildman–Crippen MR) is 132 cm³/mol. The van der Waals surface area contributed by atoms with Crippen molar-refractivity contribution in [1.29, 1.82) is 0 Å². The van der Waals surface area contributed by atoms with Crippen LogP contribution in [0.15, 0.2) is 52.1 Å². The highest BCUT2D eigenvalue weighted by Gasteiger charge is 2.24. The van der Waals surface area contributed by atoms with Crippen LogP contribution in [0.2, 0.25) is 0 Å². The Bertz CT molecular complexity index is 1250. The van der Waals surface area contributed by atoms with E-state index in [2.05, 4.69) is 36.5 Å². The van der Waals surface area contributed by atoms with Gasteiger partial charge in [0.1, 0.15) is 41.3 Å². The van der Waals surface area contributed by atoms with E-state index in [-0.39, 0.29) is 30.1 Å². The molecule has 12 nitrogen and oxygen atoms in total. The molecule has 0 unspecified atom stereocenters. The Kier molecular flexibility index (Phi) is 8.80. The van der Waals surface area contributed by atoms with Gasteiger partial charge < -0.3 is 19.5 Å². The maximum absolute atomic E-state index is 12.6. The predicted octanol–water partition coefficient (Wildman–Crippen LogP) is 2.79. The van der Waals surface area contributed by atoms with Crippen molar-refractivity contribution in [1.82, 2.24) is 29.9 Å². The van der Waals surface area contributed by atoms with Gasteiger partial charge in [-0.05, 0) is 55.8 Å². The zero-order valence-corrected chi connectivity index (χ0v) is 21.9. The lowest BCUT2D eigenvalue weighted by Crippen LogP contribution is -2.37. The quantitative estimate of drug-likeness (QED) is 0.390. The third-order valence-corrected chi connectivity index (χ3v) is 5.20. The van der Waals surface area contributed by atoms with Gasteiger partial charge in [-0.1, -0.05) is 23.4 Å². The third-order valence-electron chi connectivity index (χ3n) is 4.52. The van der Waals surface area contributed by atoms with E-state index < -0.39 is 29.3 Å². The number of aromatic nitrogens is 5. The molecule has 36 heavy (non-hydrogen) atoms. The number of alkyl carbamates (subject to hydrolysis) is 1. The average molecular weight is 563 g/mol. The van der Waals surface area contributed by atoms with E-state index in [1.807, 2.05) is 30.3 Å². The van der Waals surface area contributed by atoms with Crippen molar-refractivity contribution >= 4 is 28.0 Å². The maximum Gasteiger partial charge on any atom is 0.408 e. The molecule has 0 spiro atoms. The van der Waals surface area contributed by atoms with Crippen LogP contribution >= 0.6 is 15.9 Å². The number of carbonyl (C=O) groups is 2. The first-order valence-corrected chi connectivity index (χ1v) is 11.9. The van der Waals surface area contributed by atoms with Crippen LogP contribution in [0.3, 0.4) is 0 Å². The number of rotatable bonds is 9. The second-order valence-electron chi connectivity index (χ2n) is 8.54. The Morgan fingerprint density at radius 3 is 2.58 bits per heavy atom. The number of nitrogens with zero attached hydrogens (tertiary/aromatic N) is 5. The summed E-state index contributed by atoms with van der Waals surface area (Å²) in [6.07, 6.45) is 2.16. The van der Waals surface area contributed by atoms with Gasteiger partial charge in [0.2, 0.25) is 5.88 Å². The minimum atomic E-state index is -0.784. The van der Waals surface area contributed by atoms with Crippen molar-refractivity contribution in [3.8, 4) is 11.6 Å². The van der Waals surface area contributed by atoms with Crippen LogP contribution in [0.4, 0.5) is 4.79 Å². The molecule has 1 atom stereocenters. The molecule has 0 radical (unpaired) electrons. The number of hydrogen-bond donors (Lipinski definition) is 1. The third kappa shape index (κ3) is 7.38. The Morgan fingerprint density at radius 2 is 1.92 bits per heavy atom. The van der Waals surface area contributed by atoms with Crippen LogP contribution in [0, 0.1) is 0 Å². The lowest BCUT2D eigenvalue weighted by molar-refractivity contribution is -0.143. The Balaban J connectivity index is 1.80. The van der Waals surface area contributed by atoms with E-state index in [9.17, 15) is 14.4 Å². The molecule has 0 aliphatic rings. The number of halogens is 1. The standard InChI is InChI=1S/C23H27BrN6O6/c1-5-34-18(31)12-29-14-25-20(19(24)21(29)32)35-13-17(26-22(33)36-23(2,3)4)16-11-30(28-27-16)15-9-7-6-8-10-15/h6-11,14,17H,5,12-13H2,1-4H3,(H,26,33)/t17-/m0/s1. The fourth-order valence-electron chi connectivity index (χ4n) is 2.96. The summed E-state index contributed by atoms with van der Waals surface area (Å²) in [6, 6.07) is 8.54. The zero-order chi connectivity index (χ0) is 26.3. The lowest BCUT2D eigenvalue weighted by atomic mass is 10.2. The van der Waals surface area contributed by atoms with Gasteiger partial charge in [-0.3, -0.25) is 14.2 Å². The van der Waals surface area contributed by atoms with Crippen molar-refractivity contribution in [2.75, 3.05) is 13.2 Å². The number of carbonyl (C=O) groups excluding carboxylic acids is 2. The first-order valence-electron chi connectivity index (χ1n) is 11.1. The van der Waals surface area contributed by atoms with Gasteiger partial charge in [0.25, 0.3) is 5.56 Å². The summed E-state index contributed by atoms with van der Waals surface area (Å²) in [5.41, 5.74) is -0.0652. The van der Waals surface area contributed by atoms with Crippen LogP contribution in [0.25, 0.3) is 5.69 Å². The Labute approximate surface area is 215 Å². The average Bonchev–Trinajstić information content (AvgIpc) is 3.30. The molecule has 0 saturated heterocycles. The lowest BCUT2D eigenvalue weighted by Gasteiger charge is -2.23. The highest BCUT2D eigenvalue weighted by molar-refractivity contribution is 9.10. The molecule has 0 saturated carbocycles. The van der Waals surface area contributed by atoms with Gasteiger partial charge in [-0.2, -0.15) is 0 Å². The van der Waals surface area contributed by atoms with Gasteiger partial charge in [0.05, 0.1) is 18.5 Å². The van der Waals surface area contributed by atoms with Crippen molar-refractivity contribution in [2.24, 2.45) is 0 Å². The normalized spacial score (nSPS) is 12.0.